The van der Waals surface area contributed by atoms with Gasteiger partial charge in [-0.15, -0.1) is 0 Å². The number of hydrogen-bond donors (Lipinski definition) is 4. The van der Waals surface area contributed by atoms with E-state index in [1.807, 2.05) is 28.9 Å². The Kier molecular flexibility index (Phi) is 7.53. The zero-order chi connectivity index (χ0) is 26.6. The molecule has 0 aliphatic heterocycles. The normalized spacial score (nSPS) is 14.7. The molecule has 0 radical (unpaired) electrons. The number of rotatable bonds is 7. The van der Waals surface area contributed by atoms with Gasteiger partial charge >= 0.3 is 7.12 Å². The smallest absolute Gasteiger partial charge is 0.423 e. The van der Waals surface area contributed by atoms with Gasteiger partial charge < -0.3 is 20.7 Å². The SMILES string of the molecule is C[C@@H](NC(=O)c1ccc2c(C3CCCCC3)n(-c3ccccn3)nc2c1)C(=O)Nc1ccc(B(O)O)cc1. The Morgan fingerprint density at radius 1 is 1.03 bits per heavy atom. The number of amides is 2. The zero-order valence-corrected chi connectivity index (χ0v) is 21.2. The third-order valence-electron chi connectivity index (χ3n) is 7.05. The van der Waals surface area contributed by atoms with Gasteiger partial charge in [0.1, 0.15) is 6.04 Å². The maximum Gasteiger partial charge on any atom is 0.488 e. The van der Waals surface area contributed by atoms with E-state index in [4.69, 9.17) is 5.10 Å². The van der Waals surface area contributed by atoms with E-state index in [0.29, 0.717) is 28.1 Å². The van der Waals surface area contributed by atoms with Crippen LogP contribution in [0.2, 0.25) is 0 Å². The van der Waals surface area contributed by atoms with Crippen molar-refractivity contribution >= 4 is 41.0 Å². The monoisotopic (exact) mass is 511 g/mol. The topological polar surface area (TPSA) is 129 Å². The standard InChI is InChI=1S/C28H30BN5O4/c1-18(27(35)32-22-13-11-21(12-14-22)29(37)38)31-28(36)20-10-15-23-24(17-20)33-34(25-9-5-6-16-30-25)26(23)19-7-3-2-4-8-19/h5-6,9-19,37-38H,2-4,7-8H2,1H3,(H,31,36)(H,32,35)/t18-/m1/s1. The number of pyridine rings is 1. The van der Waals surface area contributed by atoms with E-state index in [2.05, 4.69) is 15.6 Å². The van der Waals surface area contributed by atoms with Crippen LogP contribution >= 0.6 is 0 Å². The van der Waals surface area contributed by atoms with Crippen LogP contribution in [0.1, 0.15) is 61.0 Å². The lowest BCUT2D eigenvalue weighted by Gasteiger charge is -2.22. The van der Waals surface area contributed by atoms with Crippen LogP contribution in [0.3, 0.4) is 0 Å². The Morgan fingerprint density at radius 2 is 1.79 bits per heavy atom. The molecule has 1 aliphatic carbocycles. The van der Waals surface area contributed by atoms with Crippen molar-refractivity contribution in [3.63, 3.8) is 0 Å². The molecule has 4 N–H and O–H groups in total. The van der Waals surface area contributed by atoms with Gasteiger partial charge in [-0.05, 0) is 61.6 Å². The molecule has 2 aromatic carbocycles. The summed E-state index contributed by atoms with van der Waals surface area (Å²) < 4.78 is 1.92. The van der Waals surface area contributed by atoms with Gasteiger partial charge in [0.2, 0.25) is 5.91 Å². The predicted molar refractivity (Wildman–Crippen MR) is 147 cm³/mol. The van der Waals surface area contributed by atoms with E-state index >= 15 is 0 Å². The van der Waals surface area contributed by atoms with Crippen LogP contribution in [-0.4, -0.2) is 49.8 Å². The maximum atomic E-state index is 13.0. The van der Waals surface area contributed by atoms with E-state index in [1.54, 1.807) is 37.4 Å². The van der Waals surface area contributed by atoms with E-state index in [0.717, 1.165) is 29.7 Å². The molecule has 4 aromatic rings. The minimum atomic E-state index is -1.58. The summed E-state index contributed by atoms with van der Waals surface area (Å²) in [5, 5.41) is 29.8. The molecule has 38 heavy (non-hydrogen) atoms. The molecule has 1 aliphatic rings. The van der Waals surface area contributed by atoms with Crippen molar-refractivity contribution in [3.8, 4) is 5.82 Å². The van der Waals surface area contributed by atoms with Gasteiger partial charge in [-0.2, -0.15) is 5.10 Å². The highest BCUT2D eigenvalue weighted by Crippen LogP contribution is 2.37. The number of hydrogen-bond acceptors (Lipinski definition) is 6. The third-order valence-corrected chi connectivity index (χ3v) is 7.05. The fourth-order valence-electron chi connectivity index (χ4n) is 5.01. The summed E-state index contributed by atoms with van der Waals surface area (Å²) in [4.78, 5) is 30.2. The van der Waals surface area contributed by atoms with E-state index in [9.17, 15) is 19.6 Å². The lowest BCUT2D eigenvalue weighted by atomic mass is 9.80. The molecule has 2 amide bonds. The minimum Gasteiger partial charge on any atom is -0.423 e. The summed E-state index contributed by atoms with van der Waals surface area (Å²) >= 11 is 0. The molecule has 194 valence electrons. The Morgan fingerprint density at radius 3 is 2.47 bits per heavy atom. The molecule has 1 fully saturated rings. The number of anilines is 1. The van der Waals surface area contributed by atoms with Crippen molar-refractivity contribution in [3.05, 3.63) is 78.1 Å². The molecule has 1 saturated carbocycles. The minimum absolute atomic E-state index is 0.317. The van der Waals surface area contributed by atoms with Crippen LogP contribution in [-0.2, 0) is 4.79 Å². The van der Waals surface area contributed by atoms with Gasteiger partial charge in [-0.1, -0.05) is 43.5 Å². The fraction of sp³-hybridized carbons (Fsp3) is 0.286. The number of fused-ring (bicyclic) bond motifs is 1. The second kappa shape index (κ2) is 11.2. The van der Waals surface area contributed by atoms with E-state index in [-0.39, 0.29) is 5.91 Å². The molecule has 0 spiro atoms. The summed E-state index contributed by atoms with van der Waals surface area (Å²) in [6.45, 7) is 1.61. The van der Waals surface area contributed by atoms with E-state index < -0.39 is 19.1 Å². The Hall–Kier alpha value is -4.02. The first-order chi connectivity index (χ1) is 18.4. The van der Waals surface area contributed by atoms with Crippen LogP contribution in [0, 0.1) is 0 Å². The molecule has 1 atom stereocenters. The first-order valence-corrected chi connectivity index (χ1v) is 12.9. The molecule has 9 nitrogen and oxygen atoms in total. The molecule has 2 aromatic heterocycles. The zero-order valence-electron chi connectivity index (χ0n) is 21.2. The Labute approximate surface area is 221 Å². The van der Waals surface area contributed by atoms with Crippen LogP contribution in [0.25, 0.3) is 16.7 Å². The molecule has 0 saturated heterocycles. The van der Waals surface area contributed by atoms with Gasteiger partial charge in [0, 0.05) is 28.8 Å². The summed E-state index contributed by atoms with van der Waals surface area (Å²) in [6.07, 6.45) is 7.58. The van der Waals surface area contributed by atoms with Crippen LogP contribution in [0.15, 0.2) is 66.9 Å². The highest BCUT2D eigenvalue weighted by molar-refractivity contribution is 6.58. The number of carbonyl (C=O) groups excluding carboxylic acids is 2. The van der Waals surface area contributed by atoms with Crippen molar-refractivity contribution in [2.45, 2.75) is 51.0 Å². The van der Waals surface area contributed by atoms with Gasteiger partial charge in [-0.25, -0.2) is 9.67 Å². The van der Waals surface area contributed by atoms with Crippen molar-refractivity contribution in [1.29, 1.82) is 0 Å². The van der Waals surface area contributed by atoms with Crippen molar-refractivity contribution in [1.82, 2.24) is 20.1 Å². The molecule has 2 heterocycles. The lowest BCUT2D eigenvalue weighted by Crippen LogP contribution is -2.41. The average Bonchev–Trinajstić information content (AvgIpc) is 3.33. The summed E-state index contributed by atoms with van der Waals surface area (Å²) in [5.74, 6) is 0.367. The number of benzene rings is 2. The summed E-state index contributed by atoms with van der Waals surface area (Å²) in [5.41, 5.74) is 3.07. The summed E-state index contributed by atoms with van der Waals surface area (Å²) in [7, 11) is -1.58. The van der Waals surface area contributed by atoms with Gasteiger partial charge in [0.05, 0.1) is 11.2 Å². The average molecular weight is 511 g/mol. The quantitative estimate of drug-likeness (QED) is 0.283. The highest BCUT2D eigenvalue weighted by atomic mass is 16.4. The Balaban J connectivity index is 1.35. The van der Waals surface area contributed by atoms with Crippen LogP contribution in [0.4, 0.5) is 5.69 Å². The molecule has 5 rings (SSSR count). The molecule has 10 heteroatoms. The molecular formula is C28H30BN5O4. The number of nitrogens with one attached hydrogen (secondary N) is 2. The highest BCUT2D eigenvalue weighted by Gasteiger charge is 2.25. The van der Waals surface area contributed by atoms with Crippen LogP contribution in [0.5, 0.6) is 0 Å². The van der Waals surface area contributed by atoms with Crippen LogP contribution < -0.4 is 16.1 Å². The van der Waals surface area contributed by atoms with Gasteiger partial charge in [0.25, 0.3) is 5.91 Å². The van der Waals surface area contributed by atoms with Gasteiger partial charge in [-0.3, -0.25) is 9.59 Å². The second-order valence-electron chi connectivity index (χ2n) is 9.73. The molecule has 0 unspecified atom stereocenters. The maximum absolute atomic E-state index is 13.0. The van der Waals surface area contributed by atoms with Crippen molar-refractivity contribution in [2.75, 3.05) is 5.32 Å². The molecular weight excluding hydrogens is 481 g/mol. The Bertz CT molecular complexity index is 1430. The molecule has 0 bridgehead atoms. The van der Waals surface area contributed by atoms with Gasteiger partial charge in [0.15, 0.2) is 5.82 Å². The lowest BCUT2D eigenvalue weighted by molar-refractivity contribution is -0.117. The predicted octanol–water partition coefficient (Wildman–Crippen LogP) is 2.91. The number of carbonyl (C=O) groups is 2. The first-order valence-electron chi connectivity index (χ1n) is 12.9. The second-order valence-corrected chi connectivity index (χ2v) is 9.73. The fourth-order valence-corrected chi connectivity index (χ4v) is 5.01. The number of nitrogens with zero attached hydrogens (tertiary/aromatic N) is 3. The number of aromatic nitrogens is 3. The van der Waals surface area contributed by atoms with Crippen molar-refractivity contribution < 1.29 is 19.6 Å². The van der Waals surface area contributed by atoms with Crippen molar-refractivity contribution in [2.24, 2.45) is 0 Å². The first kappa shape index (κ1) is 25.6. The van der Waals surface area contributed by atoms with E-state index in [1.165, 1.54) is 31.4 Å². The largest absolute Gasteiger partial charge is 0.488 e. The summed E-state index contributed by atoms with van der Waals surface area (Å²) in [6, 6.07) is 16.6. The third kappa shape index (κ3) is 5.46.